The summed E-state index contributed by atoms with van der Waals surface area (Å²) in [4.78, 5) is 0. The second-order valence-electron chi connectivity index (χ2n) is 3.29. The molecule has 1 N–H and O–H groups in total. The van der Waals surface area contributed by atoms with Gasteiger partial charge in [-0.1, -0.05) is 17.7 Å². The van der Waals surface area contributed by atoms with Crippen molar-refractivity contribution in [2.75, 3.05) is 0 Å². The van der Waals surface area contributed by atoms with Gasteiger partial charge in [0.2, 0.25) is 0 Å². The number of aliphatic hydroxyl groups is 1. The first-order valence-corrected chi connectivity index (χ1v) is 4.64. The minimum atomic E-state index is -5.73. The second kappa shape index (κ2) is 4.58. The standard InChI is InChI=1S/C9H4ClF7O/c10-8(14,9(15,16)17)7(18)3-1-2-4(11)6(13)5(3)12/h1-2,7,18H. The summed E-state index contributed by atoms with van der Waals surface area (Å²) in [6.07, 6.45) is -8.97. The van der Waals surface area contributed by atoms with Gasteiger partial charge < -0.3 is 5.11 Å². The number of aliphatic hydroxyl groups excluding tert-OH is 1. The Morgan fingerprint density at radius 1 is 1.00 bits per heavy atom. The van der Waals surface area contributed by atoms with Gasteiger partial charge in [0, 0.05) is 5.56 Å². The third kappa shape index (κ3) is 2.39. The quantitative estimate of drug-likeness (QED) is 0.502. The first-order chi connectivity index (χ1) is 8.00. The molecule has 1 aromatic carbocycles. The van der Waals surface area contributed by atoms with Gasteiger partial charge >= 0.3 is 11.3 Å². The summed E-state index contributed by atoms with van der Waals surface area (Å²) in [7, 11) is 0. The molecule has 0 aliphatic carbocycles. The Bertz CT molecular complexity index is 457. The minimum absolute atomic E-state index is 0.236. The molecule has 0 spiro atoms. The molecule has 0 bridgehead atoms. The summed E-state index contributed by atoms with van der Waals surface area (Å²) in [6, 6.07) is 0.501. The summed E-state index contributed by atoms with van der Waals surface area (Å²) >= 11 is 4.44. The zero-order valence-corrected chi connectivity index (χ0v) is 8.96. The molecule has 1 nitrogen and oxygen atoms in total. The lowest BCUT2D eigenvalue weighted by atomic mass is 10.0. The molecule has 0 aliphatic rings. The Labute approximate surface area is 101 Å². The molecule has 18 heavy (non-hydrogen) atoms. The fourth-order valence-corrected chi connectivity index (χ4v) is 1.22. The lowest BCUT2D eigenvalue weighted by Crippen LogP contribution is -2.41. The molecule has 0 aliphatic heterocycles. The van der Waals surface area contributed by atoms with Gasteiger partial charge in [0.15, 0.2) is 17.5 Å². The molecule has 0 saturated heterocycles. The molecular formula is C9H4ClF7O. The van der Waals surface area contributed by atoms with Gasteiger partial charge in [0.25, 0.3) is 0 Å². The second-order valence-corrected chi connectivity index (χ2v) is 3.84. The summed E-state index contributed by atoms with van der Waals surface area (Å²) in [5.74, 6) is -5.98. The van der Waals surface area contributed by atoms with Crippen LogP contribution in [0.25, 0.3) is 0 Å². The first kappa shape index (κ1) is 15.0. The summed E-state index contributed by atoms with van der Waals surface area (Å²) in [5.41, 5.74) is -1.44. The molecule has 9 heteroatoms. The Morgan fingerprint density at radius 2 is 1.50 bits per heavy atom. The number of hydrogen-bond acceptors (Lipinski definition) is 1. The number of halogens is 8. The SMILES string of the molecule is OC(c1ccc(F)c(F)c1F)C(F)(Cl)C(F)(F)F. The number of rotatable bonds is 2. The van der Waals surface area contributed by atoms with Crippen LogP contribution in [-0.2, 0) is 0 Å². The normalized spacial score (nSPS) is 17.4. The van der Waals surface area contributed by atoms with Crippen molar-refractivity contribution < 1.29 is 35.8 Å². The maximum atomic E-state index is 13.1. The van der Waals surface area contributed by atoms with Crippen molar-refractivity contribution in [2.45, 2.75) is 17.4 Å². The van der Waals surface area contributed by atoms with Crippen LogP contribution in [0.4, 0.5) is 30.7 Å². The van der Waals surface area contributed by atoms with Crippen LogP contribution in [0.15, 0.2) is 12.1 Å². The van der Waals surface area contributed by atoms with Crippen molar-refractivity contribution in [2.24, 2.45) is 0 Å². The van der Waals surface area contributed by atoms with E-state index in [0.717, 1.165) is 0 Å². The molecule has 1 aromatic rings. The summed E-state index contributed by atoms with van der Waals surface area (Å²) in [5, 5.41) is 4.30. The van der Waals surface area contributed by atoms with Gasteiger partial charge in [0.1, 0.15) is 6.10 Å². The zero-order valence-electron chi connectivity index (χ0n) is 8.20. The van der Waals surface area contributed by atoms with E-state index in [9.17, 15) is 30.7 Å². The van der Waals surface area contributed by atoms with Gasteiger partial charge in [-0.15, -0.1) is 0 Å². The van der Waals surface area contributed by atoms with Crippen molar-refractivity contribution in [1.82, 2.24) is 0 Å². The summed E-state index contributed by atoms with van der Waals surface area (Å²) in [6.45, 7) is 0. The minimum Gasteiger partial charge on any atom is -0.383 e. The lowest BCUT2D eigenvalue weighted by molar-refractivity contribution is -0.226. The Hall–Kier alpha value is -1.02. The van der Waals surface area contributed by atoms with Crippen molar-refractivity contribution in [3.8, 4) is 0 Å². The Kier molecular flexibility index (Phi) is 3.83. The smallest absolute Gasteiger partial charge is 0.383 e. The average molecular weight is 297 g/mol. The van der Waals surface area contributed by atoms with E-state index in [0.29, 0.717) is 0 Å². The Morgan fingerprint density at radius 3 is 1.94 bits per heavy atom. The highest BCUT2D eigenvalue weighted by atomic mass is 35.5. The Balaban J connectivity index is 3.28. The number of benzene rings is 1. The molecule has 0 aromatic heterocycles. The fraction of sp³-hybridized carbons (Fsp3) is 0.333. The van der Waals surface area contributed by atoms with Crippen LogP contribution >= 0.6 is 11.6 Å². The van der Waals surface area contributed by atoms with E-state index in [1.807, 2.05) is 0 Å². The van der Waals surface area contributed by atoms with Crippen LogP contribution < -0.4 is 0 Å². The lowest BCUT2D eigenvalue weighted by Gasteiger charge is -2.26. The monoisotopic (exact) mass is 296 g/mol. The topological polar surface area (TPSA) is 20.2 Å². The zero-order chi connectivity index (χ0) is 14.3. The van der Waals surface area contributed by atoms with Gasteiger partial charge in [0.05, 0.1) is 0 Å². The van der Waals surface area contributed by atoms with Gasteiger partial charge in [-0.25, -0.2) is 17.6 Å². The molecule has 0 amide bonds. The number of hydrogen-bond donors (Lipinski definition) is 1. The van der Waals surface area contributed by atoms with Crippen LogP contribution in [0.3, 0.4) is 0 Å². The maximum Gasteiger partial charge on any atom is 0.439 e. The van der Waals surface area contributed by atoms with Gasteiger partial charge in [-0.3, -0.25) is 0 Å². The van der Waals surface area contributed by atoms with E-state index in [1.165, 1.54) is 0 Å². The highest BCUT2D eigenvalue weighted by molar-refractivity contribution is 6.23. The molecule has 0 saturated carbocycles. The van der Waals surface area contributed by atoms with E-state index < -0.39 is 40.4 Å². The van der Waals surface area contributed by atoms with Crippen molar-refractivity contribution in [1.29, 1.82) is 0 Å². The molecule has 102 valence electrons. The highest BCUT2D eigenvalue weighted by Gasteiger charge is 2.60. The number of alkyl halides is 5. The van der Waals surface area contributed by atoms with Crippen LogP contribution in [0, 0.1) is 17.5 Å². The molecule has 0 fully saturated rings. The third-order valence-corrected chi connectivity index (χ3v) is 2.50. The molecule has 0 radical (unpaired) electrons. The molecule has 1 rings (SSSR count). The average Bonchev–Trinajstić information content (AvgIpc) is 2.24. The van der Waals surface area contributed by atoms with E-state index in [4.69, 9.17) is 5.11 Å². The van der Waals surface area contributed by atoms with Gasteiger partial charge in [-0.2, -0.15) is 13.2 Å². The van der Waals surface area contributed by atoms with E-state index >= 15 is 0 Å². The highest BCUT2D eigenvalue weighted by Crippen LogP contribution is 2.47. The summed E-state index contributed by atoms with van der Waals surface area (Å²) < 4.78 is 87.8. The van der Waals surface area contributed by atoms with Crippen LogP contribution in [-0.4, -0.2) is 16.4 Å². The van der Waals surface area contributed by atoms with Crippen molar-refractivity contribution in [3.05, 3.63) is 35.1 Å². The van der Waals surface area contributed by atoms with Crippen LogP contribution in [0.1, 0.15) is 11.7 Å². The fourth-order valence-electron chi connectivity index (χ4n) is 1.10. The first-order valence-electron chi connectivity index (χ1n) is 4.26. The molecule has 2 atom stereocenters. The largest absolute Gasteiger partial charge is 0.439 e. The van der Waals surface area contributed by atoms with E-state index in [1.54, 1.807) is 0 Å². The van der Waals surface area contributed by atoms with E-state index in [2.05, 4.69) is 11.6 Å². The molecule has 2 unspecified atom stereocenters. The van der Waals surface area contributed by atoms with Crippen LogP contribution in [0.5, 0.6) is 0 Å². The third-order valence-electron chi connectivity index (χ3n) is 2.08. The molecular weight excluding hydrogens is 293 g/mol. The van der Waals surface area contributed by atoms with Crippen molar-refractivity contribution in [3.63, 3.8) is 0 Å². The maximum absolute atomic E-state index is 13.1. The van der Waals surface area contributed by atoms with Crippen LogP contribution in [0.2, 0.25) is 0 Å². The predicted octanol–water partition coefficient (Wildman–Crippen LogP) is 3.60. The van der Waals surface area contributed by atoms with E-state index in [-0.39, 0.29) is 12.1 Å². The molecule has 0 heterocycles. The predicted molar refractivity (Wildman–Crippen MR) is 47.0 cm³/mol. The van der Waals surface area contributed by atoms with Crippen molar-refractivity contribution >= 4 is 11.6 Å². The van der Waals surface area contributed by atoms with Gasteiger partial charge in [-0.05, 0) is 6.07 Å².